The van der Waals surface area contributed by atoms with Crippen LogP contribution in [0.1, 0.15) is 55.6 Å². The average molecular weight is 565 g/mol. The smallest absolute Gasteiger partial charge is 0.499 e. The molecule has 2 amide bonds. The molecule has 1 N–H and O–H groups in total. The number of Topliss-reactive ketones (excluding diaryl/α,β-unsaturated/α-hetero) is 1. The van der Waals surface area contributed by atoms with Gasteiger partial charge >= 0.3 is 6.75 Å². The molecule has 2 aromatic rings. The molecule has 2 aliphatic rings. The molecule has 2 atom stereocenters. The Labute approximate surface area is 238 Å². The van der Waals surface area contributed by atoms with Crippen molar-refractivity contribution in [3.8, 4) is 0 Å². The summed E-state index contributed by atoms with van der Waals surface area (Å²) in [6, 6.07) is 8.15. The Morgan fingerprint density at radius 2 is 1.71 bits per heavy atom. The van der Waals surface area contributed by atoms with Gasteiger partial charge in [0.2, 0.25) is 0 Å². The summed E-state index contributed by atoms with van der Waals surface area (Å²) in [5.41, 5.74) is -0.942. The van der Waals surface area contributed by atoms with Crippen LogP contribution in [0.3, 0.4) is 0 Å². The van der Waals surface area contributed by atoms with E-state index >= 15 is 0 Å². The first-order valence-electron chi connectivity index (χ1n) is 13.6. The second-order valence-electron chi connectivity index (χ2n) is 11.2. The van der Waals surface area contributed by atoms with Crippen molar-refractivity contribution in [2.45, 2.75) is 63.4 Å². The predicted molar refractivity (Wildman–Crippen MR) is 146 cm³/mol. The van der Waals surface area contributed by atoms with Crippen LogP contribution in [-0.2, 0) is 39.6 Å². The number of hydrogen-bond donors (Lipinski definition) is 1. The summed E-state index contributed by atoms with van der Waals surface area (Å²) in [6.07, 6.45) is 3.38. The van der Waals surface area contributed by atoms with Crippen LogP contribution < -0.4 is 5.32 Å². The molecule has 4 rings (SSSR count). The summed E-state index contributed by atoms with van der Waals surface area (Å²) in [5.74, 6) is -3.99. The van der Waals surface area contributed by atoms with Gasteiger partial charge in [0.25, 0.3) is 23.8 Å². The lowest BCUT2D eigenvalue weighted by Crippen LogP contribution is -2.70. The van der Waals surface area contributed by atoms with Gasteiger partial charge < -0.3 is 24.2 Å². The molecule has 218 valence electrons. The van der Waals surface area contributed by atoms with Crippen molar-refractivity contribution in [2.24, 2.45) is 5.92 Å². The summed E-state index contributed by atoms with van der Waals surface area (Å²) in [4.78, 5) is 75.0. The third-order valence-electron chi connectivity index (χ3n) is 7.22. The topological polar surface area (TPSA) is 154 Å². The van der Waals surface area contributed by atoms with Crippen molar-refractivity contribution < 1.29 is 37.9 Å². The highest BCUT2D eigenvalue weighted by molar-refractivity contribution is 6.67. The van der Waals surface area contributed by atoms with Crippen LogP contribution >= 0.6 is 0 Å². The molecule has 41 heavy (non-hydrogen) atoms. The van der Waals surface area contributed by atoms with Crippen LogP contribution in [-0.4, -0.2) is 76.9 Å². The number of carbonyl (C=O) groups is 5. The summed E-state index contributed by atoms with van der Waals surface area (Å²) in [7, 11) is 3.00. The molecule has 1 unspecified atom stereocenters. The van der Waals surface area contributed by atoms with E-state index in [-0.39, 0.29) is 30.9 Å². The highest BCUT2D eigenvalue weighted by Crippen LogP contribution is 2.46. The second kappa shape index (κ2) is 12.2. The molecule has 1 aromatic carbocycles. The summed E-state index contributed by atoms with van der Waals surface area (Å²) >= 11 is 0. The maximum absolute atomic E-state index is 13.9. The summed E-state index contributed by atoms with van der Waals surface area (Å²) in [6.45, 7) is 0.637. The molecule has 2 aliphatic heterocycles. The molecule has 3 heterocycles. The SMILES string of the molecule is CC(C)CC(CC(=O)[C@H](Cc1ccccc1)NC(=O)c1cnccn1)[B-]12OC(=O)CC(C(=O)N(C)C)(CC(=O)O1)O2. The Hall–Kier alpha value is -4.13. The van der Waals surface area contributed by atoms with E-state index in [0.29, 0.717) is 0 Å². The Kier molecular flexibility index (Phi) is 8.86. The van der Waals surface area contributed by atoms with E-state index in [2.05, 4.69) is 15.3 Å². The summed E-state index contributed by atoms with van der Waals surface area (Å²) in [5, 5.41) is 2.75. The summed E-state index contributed by atoms with van der Waals surface area (Å²) < 4.78 is 17.4. The molecular weight excluding hydrogens is 531 g/mol. The first-order chi connectivity index (χ1) is 19.4. The number of ketones is 1. The zero-order chi connectivity index (χ0) is 29.8. The Bertz CT molecular complexity index is 1280. The van der Waals surface area contributed by atoms with Gasteiger partial charge in [0.15, 0.2) is 5.78 Å². The highest BCUT2D eigenvalue weighted by Gasteiger charge is 2.61. The average Bonchev–Trinajstić information content (AvgIpc) is 2.91. The van der Waals surface area contributed by atoms with Gasteiger partial charge in [0, 0.05) is 26.5 Å². The van der Waals surface area contributed by atoms with Crippen LogP contribution in [0.4, 0.5) is 0 Å². The number of nitrogens with zero attached hydrogens (tertiary/aromatic N) is 3. The molecule has 2 fully saturated rings. The number of rotatable bonds is 11. The largest absolute Gasteiger partial charge is 0.633 e. The fourth-order valence-electron chi connectivity index (χ4n) is 5.49. The van der Waals surface area contributed by atoms with Gasteiger partial charge in [-0.3, -0.25) is 29.0 Å². The van der Waals surface area contributed by atoms with Gasteiger partial charge in [-0.2, -0.15) is 0 Å². The van der Waals surface area contributed by atoms with Crippen molar-refractivity contribution in [1.29, 1.82) is 0 Å². The first-order valence-corrected chi connectivity index (χ1v) is 13.6. The monoisotopic (exact) mass is 565 g/mol. The molecule has 2 bridgehead atoms. The van der Waals surface area contributed by atoms with Gasteiger partial charge in [-0.25, -0.2) is 4.98 Å². The van der Waals surface area contributed by atoms with Crippen molar-refractivity contribution in [3.63, 3.8) is 0 Å². The molecule has 12 nitrogen and oxygen atoms in total. The fraction of sp³-hybridized carbons (Fsp3) is 0.464. The lowest BCUT2D eigenvalue weighted by Gasteiger charge is -2.58. The van der Waals surface area contributed by atoms with Crippen LogP contribution in [0.2, 0.25) is 5.82 Å². The van der Waals surface area contributed by atoms with Crippen LogP contribution in [0, 0.1) is 5.92 Å². The minimum Gasteiger partial charge on any atom is -0.633 e. The number of benzene rings is 1. The van der Waals surface area contributed by atoms with Crippen molar-refractivity contribution in [3.05, 3.63) is 60.2 Å². The van der Waals surface area contributed by atoms with E-state index in [1.807, 2.05) is 44.2 Å². The highest BCUT2D eigenvalue weighted by atomic mass is 16.8. The van der Waals surface area contributed by atoms with Crippen LogP contribution in [0.15, 0.2) is 48.9 Å². The molecule has 1 aromatic heterocycles. The van der Waals surface area contributed by atoms with E-state index in [1.165, 1.54) is 37.6 Å². The van der Waals surface area contributed by atoms with Crippen molar-refractivity contribution >= 4 is 36.3 Å². The molecule has 2 saturated heterocycles. The molecule has 0 spiro atoms. The van der Waals surface area contributed by atoms with Crippen molar-refractivity contribution in [1.82, 2.24) is 20.2 Å². The van der Waals surface area contributed by atoms with Crippen molar-refractivity contribution in [2.75, 3.05) is 14.1 Å². The van der Waals surface area contributed by atoms with Gasteiger partial charge in [0.1, 0.15) is 11.3 Å². The van der Waals surface area contributed by atoms with Gasteiger partial charge in [0.05, 0.1) is 25.1 Å². The maximum Gasteiger partial charge on any atom is 0.499 e. The number of fused-ring (bicyclic) bond motifs is 2. The van der Waals surface area contributed by atoms with E-state index in [0.717, 1.165) is 5.56 Å². The maximum atomic E-state index is 13.9. The number of nitrogens with one attached hydrogen (secondary N) is 1. The quantitative estimate of drug-likeness (QED) is 0.400. The van der Waals surface area contributed by atoms with Gasteiger partial charge in [-0.1, -0.05) is 56.4 Å². The van der Waals surface area contributed by atoms with E-state index < -0.39 is 66.6 Å². The predicted octanol–water partition coefficient (Wildman–Crippen LogP) is 1.87. The first kappa shape index (κ1) is 29.8. The Morgan fingerprint density at radius 3 is 2.27 bits per heavy atom. The zero-order valence-electron chi connectivity index (χ0n) is 23.6. The minimum absolute atomic E-state index is 0.0328. The van der Waals surface area contributed by atoms with Gasteiger partial charge in [-0.05, 0) is 24.3 Å². The van der Waals surface area contributed by atoms with Crippen LogP contribution in [0.25, 0.3) is 0 Å². The van der Waals surface area contributed by atoms with Gasteiger partial charge in [-0.15, -0.1) is 0 Å². The molecular formula is C28H34BN4O8-. The van der Waals surface area contributed by atoms with Crippen LogP contribution in [0.5, 0.6) is 0 Å². The number of aromatic nitrogens is 2. The van der Waals surface area contributed by atoms with E-state index in [1.54, 1.807) is 0 Å². The minimum atomic E-state index is -3.16. The van der Waals surface area contributed by atoms with E-state index in [4.69, 9.17) is 14.0 Å². The lowest BCUT2D eigenvalue weighted by atomic mass is 9.55. The number of hydrogen-bond acceptors (Lipinski definition) is 10. The Balaban J connectivity index is 1.66. The van der Waals surface area contributed by atoms with E-state index in [9.17, 15) is 24.0 Å². The normalized spacial score (nSPS) is 23.1. The molecule has 0 aliphatic carbocycles. The molecule has 13 heteroatoms. The second-order valence-corrected chi connectivity index (χ2v) is 11.2. The number of likely N-dealkylation sites (N-methyl/N-ethyl adjacent to an activating group) is 1. The Morgan fingerprint density at radius 1 is 1.05 bits per heavy atom. The number of carbonyl (C=O) groups excluding carboxylic acids is 5. The lowest BCUT2D eigenvalue weighted by molar-refractivity contribution is -0.189. The zero-order valence-corrected chi connectivity index (χ0v) is 23.6. The third kappa shape index (κ3) is 6.79. The fourth-order valence-corrected chi connectivity index (χ4v) is 5.49. The standard InChI is InChI=1S/C28H34BN4O8/c1-18(2)12-20(29-39-24(35)15-28(41-29,16-25(36)40-29)27(38)33(3)4)14-23(34)21(13-19-8-6-5-7-9-19)32-26(37)22-17-30-10-11-31-22/h5-11,17-18,20-21H,12-16H2,1-4H3,(H,32,37)/q-1/t20?,21-,28?,29?/m0/s1. The molecule has 0 saturated carbocycles. The third-order valence-corrected chi connectivity index (χ3v) is 7.22. The molecule has 0 radical (unpaired) electrons. The number of amides is 2.